The van der Waals surface area contributed by atoms with Crippen molar-refractivity contribution in [3.63, 3.8) is 0 Å². The molecule has 2 N–H and O–H groups in total. The second-order valence-corrected chi connectivity index (χ2v) is 7.44. The van der Waals surface area contributed by atoms with Crippen molar-refractivity contribution < 1.29 is 9.52 Å². The van der Waals surface area contributed by atoms with E-state index in [-0.39, 0.29) is 18.5 Å². The maximum Gasteiger partial charge on any atom is 0.248 e. The third-order valence-corrected chi connectivity index (χ3v) is 5.02. The second kappa shape index (κ2) is 10.4. The van der Waals surface area contributed by atoms with Gasteiger partial charge in [0.2, 0.25) is 11.8 Å². The van der Waals surface area contributed by atoms with E-state index in [0.29, 0.717) is 24.9 Å². The lowest BCUT2D eigenvalue weighted by Gasteiger charge is -2.09. The van der Waals surface area contributed by atoms with Crippen LogP contribution in [0.4, 0.5) is 0 Å². The number of aliphatic hydroxyl groups is 1. The molecule has 0 aliphatic rings. The molecule has 4 rings (SSSR count). The molecule has 5 nitrogen and oxygen atoms in total. The fraction of sp³-hybridized carbons (Fsp3) is 0.200. The standard InChI is InChI=1S/C25H25N3O2.ClH/c1-17(29)15-26-16-19-8-6-11-21(14-19)24-27-28-25(30-24)23-13-7-12-22(18(23)2)20-9-4-3-5-10-20;/h3-14,17,26,29H,15-16H2,1-2H3;1H/t17-;/m1./s1. The molecule has 0 aliphatic heterocycles. The molecule has 0 saturated heterocycles. The molecule has 0 radical (unpaired) electrons. The Bertz CT molecular complexity index is 1130. The Morgan fingerprint density at radius 3 is 2.32 bits per heavy atom. The lowest BCUT2D eigenvalue weighted by molar-refractivity contribution is 0.191. The van der Waals surface area contributed by atoms with Crippen molar-refractivity contribution in [1.29, 1.82) is 0 Å². The number of nitrogens with zero attached hydrogens (tertiary/aromatic N) is 2. The minimum absolute atomic E-state index is 0. The van der Waals surface area contributed by atoms with Gasteiger partial charge < -0.3 is 14.8 Å². The first-order valence-electron chi connectivity index (χ1n) is 10.1. The number of nitrogens with one attached hydrogen (secondary N) is 1. The summed E-state index contributed by atoms with van der Waals surface area (Å²) in [5.41, 5.74) is 6.32. The van der Waals surface area contributed by atoms with Gasteiger partial charge in [-0.15, -0.1) is 22.6 Å². The van der Waals surface area contributed by atoms with E-state index in [1.807, 2.05) is 54.6 Å². The van der Waals surface area contributed by atoms with Gasteiger partial charge >= 0.3 is 0 Å². The van der Waals surface area contributed by atoms with Crippen LogP contribution < -0.4 is 5.32 Å². The molecule has 1 heterocycles. The molecule has 3 aromatic carbocycles. The number of hydrogen-bond donors (Lipinski definition) is 2. The van der Waals surface area contributed by atoms with E-state index >= 15 is 0 Å². The predicted octanol–water partition coefficient (Wildman–Crippen LogP) is 5.27. The van der Waals surface area contributed by atoms with Gasteiger partial charge in [0.1, 0.15) is 0 Å². The van der Waals surface area contributed by atoms with Gasteiger partial charge in [0, 0.05) is 24.2 Å². The van der Waals surface area contributed by atoms with Crippen LogP contribution in [0.2, 0.25) is 0 Å². The highest BCUT2D eigenvalue weighted by Crippen LogP contribution is 2.32. The van der Waals surface area contributed by atoms with Crippen molar-refractivity contribution in [2.45, 2.75) is 26.5 Å². The zero-order valence-electron chi connectivity index (χ0n) is 17.6. The molecule has 0 aliphatic carbocycles. The number of hydrogen-bond acceptors (Lipinski definition) is 5. The van der Waals surface area contributed by atoms with E-state index in [1.54, 1.807) is 6.92 Å². The summed E-state index contributed by atoms with van der Waals surface area (Å²) < 4.78 is 6.04. The molecule has 31 heavy (non-hydrogen) atoms. The molecule has 0 bridgehead atoms. The van der Waals surface area contributed by atoms with Gasteiger partial charge in [-0.25, -0.2) is 0 Å². The van der Waals surface area contributed by atoms with E-state index in [1.165, 1.54) is 0 Å². The molecule has 0 unspecified atom stereocenters. The SMILES string of the molecule is Cc1c(-c2ccccc2)cccc1-c1nnc(-c2cccc(CNC[C@@H](C)O)c2)o1.Cl. The smallest absolute Gasteiger partial charge is 0.248 e. The average molecular weight is 436 g/mol. The van der Waals surface area contributed by atoms with Gasteiger partial charge in [0.25, 0.3) is 0 Å². The Labute approximate surface area is 188 Å². The van der Waals surface area contributed by atoms with Gasteiger partial charge in [0.05, 0.1) is 6.10 Å². The van der Waals surface area contributed by atoms with Crippen LogP contribution in [0.3, 0.4) is 0 Å². The van der Waals surface area contributed by atoms with Gasteiger partial charge in [-0.05, 0) is 54.3 Å². The van der Waals surface area contributed by atoms with Crippen molar-refractivity contribution in [2.75, 3.05) is 6.54 Å². The average Bonchev–Trinajstić information content (AvgIpc) is 3.25. The van der Waals surface area contributed by atoms with Crippen LogP contribution in [-0.2, 0) is 6.54 Å². The van der Waals surface area contributed by atoms with Crippen LogP contribution in [0.1, 0.15) is 18.1 Å². The Morgan fingerprint density at radius 2 is 1.55 bits per heavy atom. The number of aromatic nitrogens is 2. The maximum absolute atomic E-state index is 9.39. The van der Waals surface area contributed by atoms with Crippen LogP contribution in [0.15, 0.2) is 77.2 Å². The van der Waals surface area contributed by atoms with Crippen LogP contribution in [0.5, 0.6) is 0 Å². The fourth-order valence-electron chi connectivity index (χ4n) is 3.49. The van der Waals surface area contributed by atoms with Crippen molar-refractivity contribution in [1.82, 2.24) is 15.5 Å². The molecule has 1 aromatic heterocycles. The van der Waals surface area contributed by atoms with Gasteiger partial charge in [-0.2, -0.15) is 0 Å². The maximum atomic E-state index is 9.39. The summed E-state index contributed by atoms with van der Waals surface area (Å²) in [5.74, 6) is 1.00. The molecule has 0 fully saturated rings. The first kappa shape index (κ1) is 22.7. The summed E-state index contributed by atoms with van der Waals surface area (Å²) in [5, 5.41) is 21.2. The lowest BCUT2D eigenvalue weighted by atomic mass is 9.96. The lowest BCUT2D eigenvalue weighted by Crippen LogP contribution is -2.23. The first-order valence-corrected chi connectivity index (χ1v) is 10.1. The van der Waals surface area contributed by atoms with E-state index in [2.05, 4.69) is 40.6 Å². The van der Waals surface area contributed by atoms with E-state index in [4.69, 9.17) is 4.42 Å². The summed E-state index contributed by atoms with van der Waals surface area (Å²) in [7, 11) is 0. The number of rotatable bonds is 7. The Morgan fingerprint density at radius 1 is 0.871 bits per heavy atom. The molecule has 0 amide bonds. The number of benzene rings is 3. The number of aliphatic hydroxyl groups excluding tert-OH is 1. The third kappa shape index (κ3) is 5.39. The number of halogens is 1. The quantitative estimate of drug-likeness (QED) is 0.413. The Hall–Kier alpha value is -2.99. The second-order valence-electron chi connectivity index (χ2n) is 7.44. The summed E-state index contributed by atoms with van der Waals surface area (Å²) in [6.45, 7) is 5.05. The molecule has 0 saturated carbocycles. The highest BCUT2D eigenvalue weighted by atomic mass is 35.5. The minimum atomic E-state index is -0.374. The normalized spacial score (nSPS) is 11.7. The molecule has 1 atom stereocenters. The predicted molar refractivity (Wildman–Crippen MR) is 126 cm³/mol. The van der Waals surface area contributed by atoms with Crippen molar-refractivity contribution in [3.8, 4) is 34.0 Å². The molecular formula is C25H26ClN3O2. The molecule has 4 aromatic rings. The van der Waals surface area contributed by atoms with Crippen LogP contribution in [0.25, 0.3) is 34.0 Å². The van der Waals surface area contributed by atoms with Crippen LogP contribution >= 0.6 is 12.4 Å². The summed E-state index contributed by atoms with van der Waals surface area (Å²) >= 11 is 0. The first-order chi connectivity index (χ1) is 14.6. The zero-order chi connectivity index (χ0) is 20.9. The fourth-order valence-corrected chi connectivity index (χ4v) is 3.49. The Balaban J connectivity index is 0.00000272. The molecule has 6 heteroatoms. The topological polar surface area (TPSA) is 71.2 Å². The summed E-state index contributed by atoms with van der Waals surface area (Å²) in [6, 6.07) is 24.4. The van der Waals surface area contributed by atoms with E-state index < -0.39 is 0 Å². The van der Waals surface area contributed by atoms with Crippen LogP contribution in [-0.4, -0.2) is 28.0 Å². The van der Waals surface area contributed by atoms with Gasteiger partial charge in [-0.1, -0.05) is 54.6 Å². The van der Waals surface area contributed by atoms with Gasteiger partial charge in [-0.3, -0.25) is 0 Å². The summed E-state index contributed by atoms with van der Waals surface area (Å²) in [4.78, 5) is 0. The van der Waals surface area contributed by atoms with Crippen molar-refractivity contribution in [2.24, 2.45) is 0 Å². The largest absolute Gasteiger partial charge is 0.416 e. The highest BCUT2D eigenvalue weighted by molar-refractivity contribution is 5.85. The zero-order valence-corrected chi connectivity index (χ0v) is 18.4. The molecule has 0 spiro atoms. The van der Waals surface area contributed by atoms with Crippen molar-refractivity contribution in [3.05, 3.63) is 83.9 Å². The van der Waals surface area contributed by atoms with Crippen LogP contribution in [0, 0.1) is 6.92 Å². The summed E-state index contributed by atoms with van der Waals surface area (Å²) in [6.07, 6.45) is -0.374. The monoisotopic (exact) mass is 435 g/mol. The molecular weight excluding hydrogens is 410 g/mol. The van der Waals surface area contributed by atoms with E-state index in [9.17, 15) is 5.11 Å². The molecule has 160 valence electrons. The Kier molecular flexibility index (Phi) is 7.58. The minimum Gasteiger partial charge on any atom is -0.416 e. The van der Waals surface area contributed by atoms with Crippen molar-refractivity contribution >= 4 is 12.4 Å². The highest BCUT2D eigenvalue weighted by Gasteiger charge is 2.15. The van der Waals surface area contributed by atoms with Gasteiger partial charge in [0.15, 0.2) is 0 Å². The third-order valence-electron chi connectivity index (χ3n) is 5.02. The van der Waals surface area contributed by atoms with E-state index in [0.717, 1.165) is 33.4 Å².